The Morgan fingerprint density at radius 1 is 1.31 bits per heavy atom. The zero-order valence-electron chi connectivity index (χ0n) is 10.5. The van der Waals surface area contributed by atoms with Crippen molar-refractivity contribution in [3.63, 3.8) is 0 Å². The first-order valence-corrected chi connectivity index (χ1v) is 6.53. The van der Waals surface area contributed by atoms with Gasteiger partial charge in [0, 0.05) is 5.75 Å². The molecule has 0 aromatic rings. The van der Waals surface area contributed by atoms with Crippen LogP contribution in [0, 0.1) is 5.92 Å². The predicted molar refractivity (Wildman–Crippen MR) is 57.4 cm³/mol. The van der Waals surface area contributed by atoms with E-state index >= 15 is 0 Å². The largest absolute Gasteiger partial charge is 1.00 e. The maximum Gasteiger partial charge on any atom is 1.00 e. The van der Waals surface area contributed by atoms with Gasteiger partial charge in [0.05, 0.1) is 22.8 Å². The van der Waals surface area contributed by atoms with Crippen LogP contribution in [0.5, 0.6) is 0 Å². The van der Waals surface area contributed by atoms with Crippen molar-refractivity contribution in [2.75, 3.05) is 12.4 Å². The summed E-state index contributed by atoms with van der Waals surface area (Å²) in [4.78, 5) is 0. The van der Waals surface area contributed by atoms with Crippen LogP contribution in [-0.4, -0.2) is 41.6 Å². The zero-order chi connectivity index (χ0) is 12.5. The van der Waals surface area contributed by atoms with Crippen LogP contribution < -0.4 is 29.6 Å². The Bertz CT molecular complexity index is 228. The molecular formula is C9H21NaO5S. The molecule has 0 bridgehead atoms. The minimum absolute atomic E-state index is 0. The van der Waals surface area contributed by atoms with Crippen LogP contribution in [0.2, 0.25) is 0 Å². The molecule has 0 aromatic carbocycles. The van der Waals surface area contributed by atoms with Crippen LogP contribution in [0.4, 0.5) is 0 Å². The van der Waals surface area contributed by atoms with Crippen molar-refractivity contribution in [1.82, 2.24) is 0 Å². The van der Waals surface area contributed by atoms with E-state index in [9.17, 15) is 13.0 Å². The van der Waals surface area contributed by atoms with E-state index in [1.54, 1.807) is 6.92 Å². The number of hydrogen-bond donors (Lipinski definition) is 2. The third kappa shape index (κ3) is 24.2. The van der Waals surface area contributed by atoms with Crippen LogP contribution in [0.15, 0.2) is 0 Å². The molecule has 1 atom stereocenters. The molecule has 0 amide bonds. The number of aliphatic hydroxyl groups is 2. The van der Waals surface area contributed by atoms with Gasteiger partial charge in [-0.15, -0.1) is 0 Å². The topological polar surface area (TPSA) is 97.7 Å². The van der Waals surface area contributed by atoms with E-state index in [0.717, 1.165) is 0 Å². The Balaban J connectivity index is -0.000000200. The fourth-order valence-electron chi connectivity index (χ4n) is 0.869. The normalized spacial score (nSPS) is 12.4. The smallest absolute Gasteiger partial charge is 0.748 e. The Labute approximate surface area is 120 Å². The van der Waals surface area contributed by atoms with Gasteiger partial charge in [0.15, 0.2) is 0 Å². The second-order valence-electron chi connectivity index (χ2n) is 3.73. The summed E-state index contributed by atoms with van der Waals surface area (Å²) < 4.78 is 29.0. The van der Waals surface area contributed by atoms with E-state index in [1.165, 1.54) is 0 Å². The van der Waals surface area contributed by atoms with E-state index in [2.05, 4.69) is 0 Å². The van der Waals surface area contributed by atoms with Crippen molar-refractivity contribution in [2.45, 2.75) is 39.7 Å². The quantitative estimate of drug-likeness (QED) is 0.417. The Hall–Kier alpha value is 0.830. The summed E-state index contributed by atoms with van der Waals surface area (Å²) in [5, 5.41) is 17.1. The molecule has 0 aliphatic heterocycles. The van der Waals surface area contributed by atoms with Crippen LogP contribution in [0.1, 0.15) is 33.6 Å². The summed E-state index contributed by atoms with van der Waals surface area (Å²) in [7, 11) is -3.92. The fraction of sp³-hybridized carbons (Fsp3) is 1.00. The van der Waals surface area contributed by atoms with Crippen molar-refractivity contribution >= 4 is 10.1 Å². The Kier molecular flexibility index (Phi) is 16.9. The van der Waals surface area contributed by atoms with Gasteiger partial charge in [0.25, 0.3) is 0 Å². The molecule has 0 aliphatic carbocycles. The fourth-order valence-corrected chi connectivity index (χ4v) is 1.37. The van der Waals surface area contributed by atoms with Crippen LogP contribution in [0.3, 0.4) is 0 Å². The van der Waals surface area contributed by atoms with Gasteiger partial charge >= 0.3 is 29.6 Å². The Morgan fingerprint density at radius 3 is 1.81 bits per heavy atom. The minimum atomic E-state index is -3.92. The third-order valence-corrected chi connectivity index (χ3v) is 2.32. The third-order valence-electron chi connectivity index (χ3n) is 1.41. The van der Waals surface area contributed by atoms with Crippen LogP contribution in [0.25, 0.3) is 0 Å². The van der Waals surface area contributed by atoms with E-state index in [-0.39, 0.29) is 41.9 Å². The second kappa shape index (κ2) is 12.3. The van der Waals surface area contributed by atoms with Gasteiger partial charge in [-0.05, 0) is 18.8 Å². The summed E-state index contributed by atoms with van der Waals surface area (Å²) in [5.74, 6) is 0.227. The van der Waals surface area contributed by atoms with Gasteiger partial charge in [-0.25, -0.2) is 8.42 Å². The van der Waals surface area contributed by atoms with E-state index in [4.69, 9.17) is 10.2 Å². The zero-order valence-corrected chi connectivity index (χ0v) is 13.3. The molecule has 7 heteroatoms. The molecule has 0 aliphatic rings. The molecule has 0 rings (SSSR count). The van der Waals surface area contributed by atoms with Crippen molar-refractivity contribution in [3.8, 4) is 0 Å². The molecule has 5 nitrogen and oxygen atoms in total. The molecule has 0 spiro atoms. The van der Waals surface area contributed by atoms with E-state index in [1.807, 2.05) is 13.8 Å². The van der Waals surface area contributed by atoms with Crippen LogP contribution in [-0.2, 0) is 10.1 Å². The van der Waals surface area contributed by atoms with Crippen molar-refractivity contribution in [2.24, 2.45) is 5.92 Å². The molecule has 0 saturated heterocycles. The van der Waals surface area contributed by atoms with E-state index < -0.39 is 16.2 Å². The maximum absolute atomic E-state index is 9.68. The summed E-state index contributed by atoms with van der Waals surface area (Å²) in [6.07, 6.45) is 0.581. The Morgan fingerprint density at radius 2 is 1.75 bits per heavy atom. The van der Waals surface area contributed by atoms with Gasteiger partial charge in [0.1, 0.15) is 0 Å². The first-order valence-electron chi connectivity index (χ1n) is 4.95. The minimum Gasteiger partial charge on any atom is -0.748 e. The summed E-state index contributed by atoms with van der Waals surface area (Å²) >= 11 is 0. The molecular weight excluding hydrogens is 243 g/mol. The first-order chi connectivity index (χ1) is 6.72. The van der Waals surface area contributed by atoms with Crippen molar-refractivity contribution < 1.29 is 52.7 Å². The number of hydrogen-bond acceptors (Lipinski definition) is 5. The molecule has 1 unspecified atom stereocenters. The first kappa shape index (κ1) is 22.0. The molecule has 16 heavy (non-hydrogen) atoms. The molecule has 0 saturated carbocycles. The second-order valence-corrected chi connectivity index (χ2v) is 5.25. The monoisotopic (exact) mass is 264 g/mol. The standard InChI is InChI=1S/C6H14O2.C3H8O3S.Na/c1-5(2)3-6(8)4-7;1-2-3-7(4,5)6;/h5-8H,3-4H2,1-2H3;2-3H2,1H3,(H,4,5,6);/q;;+1/p-1. The summed E-state index contributed by atoms with van der Waals surface area (Å²) in [6, 6.07) is 0. The average Bonchev–Trinajstić information content (AvgIpc) is 2.01. The number of aliphatic hydroxyl groups excluding tert-OH is 2. The maximum atomic E-state index is 9.68. The van der Waals surface area contributed by atoms with Crippen molar-refractivity contribution in [1.29, 1.82) is 0 Å². The van der Waals surface area contributed by atoms with Crippen molar-refractivity contribution in [3.05, 3.63) is 0 Å². The van der Waals surface area contributed by atoms with Gasteiger partial charge < -0.3 is 14.8 Å². The molecule has 94 valence electrons. The molecule has 0 radical (unpaired) electrons. The molecule has 0 heterocycles. The average molecular weight is 264 g/mol. The molecule has 0 fully saturated rings. The van der Waals surface area contributed by atoms with Gasteiger partial charge in [-0.3, -0.25) is 0 Å². The predicted octanol–water partition coefficient (Wildman–Crippen LogP) is -2.67. The van der Waals surface area contributed by atoms with Gasteiger partial charge in [-0.1, -0.05) is 20.8 Å². The SMILES string of the molecule is CC(C)CC(O)CO.CCCS(=O)(=O)[O-].[Na+]. The molecule has 2 N–H and O–H groups in total. The summed E-state index contributed by atoms with van der Waals surface area (Å²) in [5.41, 5.74) is 0. The number of rotatable bonds is 5. The van der Waals surface area contributed by atoms with E-state index in [0.29, 0.717) is 18.8 Å². The van der Waals surface area contributed by atoms with Gasteiger partial charge in [-0.2, -0.15) is 0 Å². The van der Waals surface area contributed by atoms with Crippen LogP contribution >= 0.6 is 0 Å². The molecule has 0 aromatic heterocycles. The summed E-state index contributed by atoms with van der Waals surface area (Å²) in [6.45, 7) is 5.56. The van der Waals surface area contributed by atoms with Gasteiger partial charge in [0.2, 0.25) is 0 Å².